The Morgan fingerprint density at radius 3 is 2.96 bits per heavy atom. The van der Waals surface area contributed by atoms with Crippen LogP contribution in [0.5, 0.6) is 0 Å². The molecule has 0 aliphatic heterocycles. The monoisotopic (exact) mass is 334 g/mol. The minimum absolute atomic E-state index is 0.402. The van der Waals surface area contributed by atoms with Crippen LogP contribution >= 0.6 is 11.8 Å². The van der Waals surface area contributed by atoms with Crippen molar-refractivity contribution in [2.45, 2.75) is 49.4 Å². The van der Waals surface area contributed by atoms with Crippen LogP contribution in [0, 0.1) is 0 Å². The van der Waals surface area contributed by atoms with Crippen molar-refractivity contribution in [1.82, 2.24) is 30.5 Å². The van der Waals surface area contributed by atoms with Gasteiger partial charge in [0.15, 0.2) is 5.82 Å². The summed E-state index contributed by atoms with van der Waals surface area (Å²) in [7, 11) is 0. The second-order valence-corrected chi connectivity index (χ2v) is 6.75. The van der Waals surface area contributed by atoms with Gasteiger partial charge in [0.2, 0.25) is 5.16 Å². The fraction of sp³-hybridized carbons (Fsp3) is 0.600. The highest BCUT2D eigenvalue weighted by Gasteiger charge is 2.15. The summed E-state index contributed by atoms with van der Waals surface area (Å²) >= 11 is 1.44. The highest BCUT2D eigenvalue weighted by molar-refractivity contribution is 7.99. The topological polar surface area (TPSA) is 99.6 Å². The van der Waals surface area contributed by atoms with Crippen LogP contribution in [0.3, 0.4) is 0 Å². The molecule has 0 bridgehead atoms. The van der Waals surface area contributed by atoms with Gasteiger partial charge >= 0.3 is 0 Å². The lowest BCUT2D eigenvalue weighted by Gasteiger charge is -2.24. The second kappa shape index (κ2) is 8.37. The third-order valence-corrected chi connectivity index (χ3v) is 4.92. The first-order chi connectivity index (χ1) is 11.3. The van der Waals surface area contributed by atoms with E-state index in [0.29, 0.717) is 35.0 Å². The van der Waals surface area contributed by atoms with Crippen LogP contribution in [0.25, 0.3) is 11.5 Å². The number of H-pyrrole nitrogens is 1. The number of nitrogens with zero attached hydrogens (tertiary/aromatic N) is 4. The van der Waals surface area contributed by atoms with E-state index >= 15 is 0 Å². The summed E-state index contributed by atoms with van der Waals surface area (Å²) in [5.74, 6) is 1.16. The Labute approximate surface area is 139 Å². The third kappa shape index (κ3) is 4.98. The normalized spacial score (nSPS) is 17.3. The van der Waals surface area contributed by atoms with E-state index < -0.39 is 6.10 Å². The fourth-order valence-electron chi connectivity index (χ4n) is 2.69. The van der Waals surface area contributed by atoms with Crippen LogP contribution in [-0.4, -0.2) is 54.7 Å². The van der Waals surface area contributed by atoms with Crippen molar-refractivity contribution < 1.29 is 5.11 Å². The van der Waals surface area contributed by atoms with E-state index in [1.165, 1.54) is 43.9 Å². The maximum Gasteiger partial charge on any atom is 0.208 e. The van der Waals surface area contributed by atoms with E-state index in [4.69, 9.17) is 0 Å². The zero-order chi connectivity index (χ0) is 15.9. The molecule has 2 heterocycles. The lowest BCUT2D eigenvalue weighted by Crippen LogP contribution is -2.37. The first kappa shape index (κ1) is 16.4. The quantitative estimate of drug-likeness (QED) is 0.662. The molecule has 1 fully saturated rings. The maximum atomic E-state index is 10.1. The van der Waals surface area contributed by atoms with Crippen molar-refractivity contribution in [2.24, 2.45) is 0 Å². The number of hydrogen-bond donors (Lipinski definition) is 3. The molecule has 1 aliphatic rings. The van der Waals surface area contributed by atoms with Gasteiger partial charge in [-0.3, -0.25) is 10.1 Å². The van der Waals surface area contributed by atoms with E-state index in [2.05, 4.69) is 30.5 Å². The van der Waals surface area contributed by atoms with E-state index in [-0.39, 0.29) is 0 Å². The lowest BCUT2D eigenvalue weighted by molar-refractivity contribution is 0.185. The van der Waals surface area contributed by atoms with Gasteiger partial charge in [0.25, 0.3) is 0 Å². The van der Waals surface area contributed by atoms with Crippen LogP contribution in [0.15, 0.2) is 23.7 Å². The molecule has 0 amide bonds. The number of nitrogens with one attached hydrogen (secondary N) is 2. The summed E-state index contributed by atoms with van der Waals surface area (Å²) in [5.41, 5.74) is 0.659. The van der Waals surface area contributed by atoms with E-state index in [0.717, 1.165) is 0 Å². The summed E-state index contributed by atoms with van der Waals surface area (Å²) in [4.78, 5) is 12.5. The Morgan fingerprint density at radius 1 is 1.30 bits per heavy atom. The molecule has 0 radical (unpaired) electrons. The van der Waals surface area contributed by atoms with Gasteiger partial charge in [-0.25, -0.2) is 4.98 Å². The van der Waals surface area contributed by atoms with Gasteiger partial charge < -0.3 is 10.4 Å². The second-order valence-electron chi connectivity index (χ2n) is 5.77. The zero-order valence-corrected chi connectivity index (χ0v) is 13.8. The van der Waals surface area contributed by atoms with Crippen molar-refractivity contribution in [2.75, 3.05) is 12.3 Å². The molecule has 124 valence electrons. The minimum Gasteiger partial charge on any atom is -0.391 e. The summed E-state index contributed by atoms with van der Waals surface area (Å²) in [6, 6.07) is 0.565. The predicted molar refractivity (Wildman–Crippen MR) is 89.0 cm³/mol. The van der Waals surface area contributed by atoms with Gasteiger partial charge in [-0.15, -0.1) is 5.10 Å². The maximum absolute atomic E-state index is 10.1. The molecule has 0 saturated heterocycles. The van der Waals surface area contributed by atoms with Crippen LogP contribution in [0.4, 0.5) is 0 Å². The summed E-state index contributed by atoms with van der Waals surface area (Å²) in [6.07, 6.45) is 10.9. The number of thioether (sulfide) groups is 1. The highest BCUT2D eigenvalue weighted by atomic mass is 32.2. The van der Waals surface area contributed by atoms with Crippen molar-refractivity contribution >= 4 is 11.8 Å². The number of rotatable bonds is 7. The summed E-state index contributed by atoms with van der Waals surface area (Å²) < 4.78 is 0. The molecular formula is C15H22N6OS. The van der Waals surface area contributed by atoms with E-state index in [1.54, 1.807) is 18.6 Å². The van der Waals surface area contributed by atoms with Crippen LogP contribution < -0.4 is 5.32 Å². The SMILES string of the molecule is OC(CNC1CCCCC1)CSc1n[nH]c(-c2cnccn2)n1. The largest absolute Gasteiger partial charge is 0.391 e. The average molecular weight is 334 g/mol. The van der Waals surface area contributed by atoms with Gasteiger partial charge in [0, 0.05) is 30.7 Å². The van der Waals surface area contributed by atoms with Gasteiger partial charge in [0.1, 0.15) is 5.69 Å². The Balaban J connectivity index is 1.42. The third-order valence-electron chi connectivity index (χ3n) is 3.92. The smallest absolute Gasteiger partial charge is 0.208 e. The fourth-order valence-corrected chi connectivity index (χ4v) is 3.41. The number of hydrogen-bond acceptors (Lipinski definition) is 7. The molecule has 8 heteroatoms. The Morgan fingerprint density at radius 2 is 2.17 bits per heavy atom. The number of aliphatic hydroxyl groups excluding tert-OH is 1. The number of aromatic amines is 1. The zero-order valence-electron chi connectivity index (χ0n) is 13.0. The first-order valence-electron chi connectivity index (χ1n) is 8.04. The highest BCUT2D eigenvalue weighted by Crippen LogP contribution is 2.19. The van der Waals surface area contributed by atoms with Crippen molar-refractivity contribution in [3.8, 4) is 11.5 Å². The molecule has 7 nitrogen and oxygen atoms in total. The van der Waals surface area contributed by atoms with E-state index in [9.17, 15) is 5.11 Å². The molecule has 3 rings (SSSR count). The average Bonchev–Trinajstić information content (AvgIpc) is 3.09. The molecule has 1 atom stereocenters. The predicted octanol–water partition coefficient (Wildman–Crippen LogP) is 1.64. The van der Waals surface area contributed by atoms with Crippen molar-refractivity contribution in [3.63, 3.8) is 0 Å². The summed E-state index contributed by atoms with van der Waals surface area (Å²) in [5, 5.41) is 21.2. The summed E-state index contributed by atoms with van der Waals surface area (Å²) in [6.45, 7) is 0.624. The molecule has 0 aromatic carbocycles. The molecule has 2 aromatic rings. The molecule has 23 heavy (non-hydrogen) atoms. The first-order valence-corrected chi connectivity index (χ1v) is 9.03. The lowest BCUT2D eigenvalue weighted by atomic mass is 9.95. The molecular weight excluding hydrogens is 312 g/mol. The molecule has 3 N–H and O–H groups in total. The van der Waals surface area contributed by atoms with Gasteiger partial charge in [-0.05, 0) is 12.8 Å². The molecule has 1 saturated carbocycles. The van der Waals surface area contributed by atoms with Crippen LogP contribution in [0.1, 0.15) is 32.1 Å². The minimum atomic E-state index is -0.402. The van der Waals surface area contributed by atoms with E-state index in [1.807, 2.05) is 0 Å². The van der Waals surface area contributed by atoms with Gasteiger partial charge in [-0.1, -0.05) is 31.0 Å². The Kier molecular flexibility index (Phi) is 5.95. The van der Waals surface area contributed by atoms with Gasteiger partial charge in [-0.2, -0.15) is 4.98 Å². The molecule has 1 aliphatic carbocycles. The molecule has 0 spiro atoms. The Hall–Kier alpha value is -1.51. The number of aromatic nitrogens is 5. The standard InChI is InChI=1S/C15H22N6OS/c22-12(8-18-11-4-2-1-3-5-11)10-23-15-19-14(20-21-15)13-9-16-6-7-17-13/h6-7,9,11-12,18,22H,1-5,8,10H2,(H,19,20,21). The Bertz CT molecular complexity index is 587. The number of aliphatic hydroxyl groups is 1. The van der Waals surface area contributed by atoms with Crippen LogP contribution in [0.2, 0.25) is 0 Å². The van der Waals surface area contributed by atoms with Crippen LogP contribution in [-0.2, 0) is 0 Å². The van der Waals surface area contributed by atoms with Crippen molar-refractivity contribution in [1.29, 1.82) is 0 Å². The molecule has 1 unspecified atom stereocenters. The van der Waals surface area contributed by atoms with Gasteiger partial charge in [0.05, 0.1) is 12.3 Å². The van der Waals surface area contributed by atoms with Crippen molar-refractivity contribution in [3.05, 3.63) is 18.6 Å². The molecule has 2 aromatic heterocycles.